The minimum atomic E-state index is 0. The van der Waals surface area contributed by atoms with E-state index in [0.717, 1.165) is 83.5 Å². The minimum Gasteiger partial charge on any atom is -0.385 e. The summed E-state index contributed by atoms with van der Waals surface area (Å²) in [7, 11) is 3.60. The van der Waals surface area contributed by atoms with Gasteiger partial charge in [-0.1, -0.05) is 0 Å². The van der Waals surface area contributed by atoms with E-state index in [1.54, 1.807) is 7.11 Å². The smallest absolute Gasteiger partial charge is 0.191 e. The van der Waals surface area contributed by atoms with E-state index >= 15 is 0 Å². The highest BCUT2D eigenvalue weighted by Gasteiger charge is 2.20. The highest BCUT2D eigenvalue weighted by atomic mass is 127. The molecule has 1 atom stereocenters. The molecule has 2 aliphatic heterocycles. The first-order valence-corrected chi connectivity index (χ1v) is 11.2. The lowest BCUT2D eigenvalue weighted by atomic mass is 10.1. The number of likely N-dealkylation sites (tertiary alicyclic amines) is 1. The SMILES string of the molecule is CN=C(NCc1ccnc(N2CCOC(C)C2)c1)NC1CCN(CCCOC)CC1.I. The molecule has 2 saturated heterocycles. The number of guanidine groups is 1. The second-order valence-corrected chi connectivity index (χ2v) is 8.18. The Morgan fingerprint density at radius 1 is 1.32 bits per heavy atom. The molecule has 1 aromatic rings. The van der Waals surface area contributed by atoms with Gasteiger partial charge in [0, 0.05) is 72.3 Å². The molecule has 8 nitrogen and oxygen atoms in total. The standard InChI is InChI=1S/C22H38N6O2.HI/c1-18-17-28(12-14-30-18)21-15-19(5-8-24-21)16-25-22(23-2)26-20-6-10-27(11-7-20)9-4-13-29-3;/h5,8,15,18,20H,4,6-7,9-14,16-17H2,1-3H3,(H2,23,25,26);1H. The molecule has 0 bridgehead atoms. The van der Waals surface area contributed by atoms with Gasteiger partial charge in [-0.2, -0.15) is 0 Å². The van der Waals surface area contributed by atoms with Crippen LogP contribution < -0.4 is 15.5 Å². The van der Waals surface area contributed by atoms with Gasteiger partial charge in [-0.15, -0.1) is 24.0 Å². The number of hydrogen-bond donors (Lipinski definition) is 2. The van der Waals surface area contributed by atoms with Gasteiger partial charge in [-0.25, -0.2) is 4.98 Å². The summed E-state index contributed by atoms with van der Waals surface area (Å²) in [5.41, 5.74) is 1.20. The van der Waals surface area contributed by atoms with E-state index in [1.807, 2.05) is 13.2 Å². The fourth-order valence-electron chi connectivity index (χ4n) is 4.08. The molecule has 2 N–H and O–H groups in total. The van der Waals surface area contributed by atoms with Crippen molar-refractivity contribution in [3.05, 3.63) is 23.9 Å². The van der Waals surface area contributed by atoms with Crippen molar-refractivity contribution in [3.8, 4) is 0 Å². The first kappa shape index (κ1) is 26.1. The lowest BCUT2D eigenvalue weighted by molar-refractivity contribution is 0.0529. The van der Waals surface area contributed by atoms with E-state index in [2.05, 4.69) is 49.5 Å². The number of pyridine rings is 1. The van der Waals surface area contributed by atoms with Crippen molar-refractivity contribution in [1.29, 1.82) is 0 Å². The molecule has 1 aromatic heterocycles. The number of piperidine rings is 1. The average Bonchev–Trinajstić information content (AvgIpc) is 2.78. The predicted octanol–water partition coefficient (Wildman–Crippen LogP) is 2.09. The van der Waals surface area contributed by atoms with Crippen molar-refractivity contribution < 1.29 is 9.47 Å². The topological polar surface area (TPSA) is 74.2 Å². The molecule has 31 heavy (non-hydrogen) atoms. The molecule has 176 valence electrons. The Morgan fingerprint density at radius 3 is 2.84 bits per heavy atom. The summed E-state index contributed by atoms with van der Waals surface area (Å²) >= 11 is 0. The van der Waals surface area contributed by atoms with Crippen molar-refractivity contribution in [2.45, 2.75) is 44.9 Å². The lowest BCUT2D eigenvalue weighted by Gasteiger charge is -2.33. The van der Waals surface area contributed by atoms with E-state index in [4.69, 9.17) is 9.47 Å². The molecule has 3 heterocycles. The number of aromatic nitrogens is 1. The molecule has 0 aromatic carbocycles. The molecule has 0 saturated carbocycles. The van der Waals surface area contributed by atoms with Gasteiger partial charge in [-0.05, 0) is 43.9 Å². The molecule has 0 amide bonds. The van der Waals surface area contributed by atoms with Crippen LogP contribution in [-0.2, 0) is 16.0 Å². The number of rotatable bonds is 8. The molecule has 0 aliphatic carbocycles. The maximum atomic E-state index is 5.64. The Hall–Kier alpha value is -1.17. The van der Waals surface area contributed by atoms with Crippen molar-refractivity contribution in [1.82, 2.24) is 20.5 Å². The van der Waals surface area contributed by atoms with Gasteiger partial charge in [0.1, 0.15) is 5.82 Å². The summed E-state index contributed by atoms with van der Waals surface area (Å²) in [6.07, 6.45) is 5.53. The zero-order valence-corrected chi connectivity index (χ0v) is 21.5. The van der Waals surface area contributed by atoms with Crippen LogP contribution in [0.2, 0.25) is 0 Å². The van der Waals surface area contributed by atoms with Crippen molar-refractivity contribution in [2.75, 3.05) is 65.0 Å². The van der Waals surface area contributed by atoms with Gasteiger partial charge in [0.25, 0.3) is 0 Å². The van der Waals surface area contributed by atoms with E-state index < -0.39 is 0 Å². The van der Waals surface area contributed by atoms with Crippen LogP contribution in [0.15, 0.2) is 23.3 Å². The predicted molar refractivity (Wildman–Crippen MR) is 137 cm³/mol. The maximum Gasteiger partial charge on any atom is 0.191 e. The summed E-state index contributed by atoms with van der Waals surface area (Å²) in [5.74, 6) is 1.89. The van der Waals surface area contributed by atoms with Crippen LogP contribution in [0.4, 0.5) is 5.82 Å². The maximum absolute atomic E-state index is 5.64. The molecule has 3 rings (SSSR count). The van der Waals surface area contributed by atoms with Gasteiger partial charge in [0.05, 0.1) is 12.7 Å². The molecular weight excluding hydrogens is 507 g/mol. The summed E-state index contributed by atoms with van der Waals surface area (Å²) in [5, 5.41) is 7.06. The van der Waals surface area contributed by atoms with E-state index in [-0.39, 0.29) is 30.1 Å². The normalized spacial score (nSPS) is 20.9. The van der Waals surface area contributed by atoms with Gasteiger partial charge >= 0.3 is 0 Å². The summed E-state index contributed by atoms with van der Waals surface area (Å²) in [4.78, 5) is 13.8. The monoisotopic (exact) mass is 546 g/mol. The number of morpholine rings is 1. The number of halogens is 1. The van der Waals surface area contributed by atoms with Crippen LogP contribution >= 0.6 is 24.0 Å². The number of nitrogens with zero attached hydrogens (tertiary/aromatic N) is 4. The van der Waals surface area contributed by atoms with Crippen molar-refractivity contribution >= 4 is 35.8 Å². The van der Waals surface area contributed by atoms with Crippen molar-refractivity contribution in [2.24, 2.45) is 4.99 Å². The number of nitrogens with one attached hydrogen (secondary N) is 2. The van der Waals surface area contributed by atoms with Crippen LogP contribution in [0.3, 0.4) is 0 Å². The Bertz CT molecular complexity index is 669. The van der Waals surface area contributed by atoms with Gasteiger partial charge < -0.3 is 29.9 Å². The Labute approximate surface area is 204 Å². The van der Waals surface area contributed by atoms with Gasteiger partial charge in [0.2, 0.25) is 0 Å². The molecule has 0 spiro atoms. The third kappa shape index (κ3) is 8.70. The van der Waals surface area contributed by atoms with Crippen LogP contribution in [0.1, 0.15) is 31.7 Å². The van der Waals surface area contributed by atoms with E-state index in [0.29, 0.717) is 6.04 Å². The summed E-state index contributed by atoms with van der Waals surface area (Å²) < 4.78 is 10.8. The van der Waals surface area contributed by atoms with E-state index in [1.165, 1.54) is 5.56 Å². The molecule has 9 heteroatoms. The average molecular weight is 546 g/mol. The highest BCUT2D eigenvalue weighted by Crippen LogP contribution is 2.16. The number of methoxy groups -OCH3 is 1. The second-order valence-electron chi connectivity index (χ2n) is 8.18. The first-order chi connectivity index (χ1) is 14.7. The van der Waals surface area contributed by atoms with Gasteiger partial charge in [-0.3, -0.25) is 4.99 Å². The largest absolute Gasteiger partial charge is 0.385 e. The minimum absolute atomic E-state index is 0. The van der Waals surface area contributed by atoms with Crippen LogP contribution in [0.25, 0.3) is 0 Å². The van der Waals surface area contributed by atoms with Crippen molar-refractivity contribution in [3.63, 3.8) is 0 Å². The van der Waals surface area contributed by atoms with Gasteiger partial charge in [0.15, 0.2) is 5.96 Å². The Balaban J connectivity index is 0.00000341. The number of anilines is 1. The first-order valence-electron chi connectivity index (χ1n) is 11.2. The Morgan fingerprint density at radius 2 is 2.13 bits per heavy atom. The zero-order valence-electron chi connectivity index (χ0n) is 19.2. The zero-order chi connectivity index (χ0) is 21.2. The molecule has 2 fully saturated rings. The summed E-state index contributed by atoms with van der Waals surface area (Å²) in [6, 6.07) is 4.70. The molecule has 0 radical (unpaired) electrons. The van der Waals surface area contributed by atoms with Crippen LogP contribution in [0, 0.1) is 0 Å². The van der Waals surface area contributed by atoms with Crippen LogP contribution in [-0.4, -0.2) is 88.1 Å². The fraction of sp³-hybridized carbons (Fsp3) is 0.727. The quantitative estimate of drug-likeness (QED) is 0.224. The van der Waals surface area contributed by atoms with E-state index in [9.17, 15) is 0 Å². The number of hydrogen-bond acceptors (Lipinski definition) is 6. The third-order valence-corrected chi connectivity index (χ3v) is 5.81. The van der Waals surface area contributed by atoms with Crippen LogP contribution in [0.5, 0.6) is 0 Å². The number of aliphatic imine (C=N–C) groups is 1. The second kappa shape index (κ2) is 14.1. The number of ether oxygens (including phenoxy) is 2. The molecular formula is C22H39IN6O2. The highest BCUT2D eigenvalue weighted by molar-refractivity contribution is 14.0. The molecule has 2 aliphatic rings. The fourth-order valence-corrected chi connectivity index (χ4v) is 4.08. The lowest BCUT2D eigenvalue weighted by Crippen LogP contribution is -2.48. The molecule has 1 unspecified atom stereocenters. The summed E-state index contributed by atoms with van der Waals surface area (Å²) in [6.45, 7) is 9.60. The Kier molecular flexibility index (Phi) is 11.8. The third-order valence-electron chi connectivity index (χ3n) is 5.81.